The van der Waals surface area contributed by atoms with Crippen LogP contribution in [-0.4, -0.2) is 18.3 Å². The van der Waals surface area contributed by atoms with Crippen molar-refractivity contribution in [3.63, 3.8) is 0 Å². The Morgan fingerprint density at radius 1 is 1.04 bits per heavy atom. The first-order chi connectivity index (χ1) is 13.2. The quantitative estimate of drug-likeness (QED) is 0.140. The second-order valence-electron chi connectivity index (χ2n) is 7.75. The van der Waals surface area contributed by atoms with Crippen LogP contribution in [0.1, 0.15) is 45.1 Å². The summed E-state index contributed by atoms with van der Waals surface area (Å²) in [4.78, 5) is 18.1. The van der Waals surface area contributed by atoms with Gasteiger partial charge in [0.1, 0.15) is 12.7 Å². The topological polar surface area (TPSA) is 47.9 Å². The van der Waals surface area contributed by atoms with Crippen LogP contribution in [0.25, 0.3) is 0 Å². The third-order valence-corrected chi connectivity index (χ3v) is 7.91. The molecule has 2 fully saturated rings. The number of rotatable bonds is 6. The molecular formula is C19H20Cl5NO3. The number of ether oxygens (including phenoxy) is 1. The maximum Gasteiger partial charge on any atom is 0.310 e. The van der Waals surface area contributed by atoms with Gasteiger partial charge in [-0.1, -0.05) is 77.0 Å². The molecule has 0 N–H and O–H groups in total. The first kappa shape index (κ1) is 22.3. The van der Waals surface area contributed by atoms with Crippen molar-refractivity contribution in [3.05, 3.63) is 30.7 Å². The van der Waals surface area contributed by atoms with Gasteiger partial charge in [-0.05, 0) is 31.1 Å². The average molecular weight is 488 g/mol. The molecule has 2 aliphatic carbocycles. The van der Waals surface area contributed by atoms with Gasteiger partial charge in [-0.2, -0.15) is 0 Å². The molecule has 2 saturated carbocycles. The zero-order chi connectivity index (χ0) is 20.6. The molecule has 2 aliphatic rings. The fourth-order valence-corrected chi connectivity index (χ4v) is 4.88. The Labute approximate surface area is 189 Å². The van der Waals surface area contributed by atoms with Gasteiger partial charge in [0, 0.05) is 17.7 Å². The van der Waals surface area contributed by atoms with E-state index in [9.17, 15) is 4.79 Å². The monoisotopic (exact) mass is 485 g/mol. The molecule has 1 aromatic carbocycles. The molecule has 0 bridgehead atoms. The van der Waals surface area contributed by atoms with E-state index in [1.165, 1.54) is 12.8 Å². The van der Waals surface area contributed by atoms with Crippen LogP contribution >= 0.6 is 58.0 Å². The Bertz CT molecular complexity index is 776. The third-order valence-electron chi connectivity index (χ3n) is 5.56. The fraction of sp³-hybridized carbons (Fsp3) is 0.579. The summed E-state index contributed by atoms with van der Waals surface area (Å²) >= 11 is 30.4. The summed E-state index contributed by atoms with van der Waals surface area (Å²) in [6, 6.07) is 0. The molecule has 0 heterocycles. The number of carbonyl (C=O) groups is 1. The Hall–Kier alpha value is -0.390. The number of carbonyl (C=O) groups excluding carboxylic acids is 1. The Morgan fingerprint density at radius 3 is 2.14 bits per heavy atom. The van der Waals surface area contributed by atoms with Crippen LogP contribution in [0.4, 0.5) is 0 Å². The first-order valence-corrected chi connectivity index (χ1v) is 10.9. The van der Waals surface area contributed by atoms with Crippen LogP contribution in [-0.2, 0) is 21.0 Å². The molecule has 1 aromatic rings. The van der Waals surface area contributed by atoms with Crippen LogP contribution in [0.3, 0.4) is 0 Å². The maximum absolute atomic E-state index is 12.6. The molecule has 0 unspecified atom stereocenters. The second-order valence-corrected chi connectivity index (χ2v) is 9.64. The standard InChI is InChI=1S/C19H20Cl5NO3/c1-19(2)11(7-25-28-9-5-3-4-6-9)12(19)18(26)27-8-10-13(20)15(22)17(24)16(23)14(10)21/h7,9,11-12H,3-6,8H2,1-2H3/t11-,12-/m0/s1. The van der Waals surface area contributed by atoms with Crippen LogP contribution in [0.5, 0.6) is 0 Å². The van der Waals surface area contributed by atoms with Crippen molar-refractivity contribution in [2.75, 3.05) is 0 Å². The Morgan fingerprint density at radius 2 is 1.57 bits per heavy atom. The zero-order valence-corrected chi connectivity index (χ0v) is 19.2. The summed E-state index contributed by atoms with van der Waals surface area (Å²) in [5, 5.41) is 4.55. The van der Waals surface area contributed by atoms with Crippen molar-refractivity contribution in [1.82, 2.24) is 0 Å². The lowest BCUT2D eigenvalue weighted by Gasteiger charge is -2.13. The molecule has 0 saturated heterocycles. The smallest absolute Gasteiger partial charge is 0.310 e. The van der Waals surface area contributed by atoms with Gasteiger partial charge in [-0.15, -0.1) is 0 Å². The number of halogens is 5. The highest BCUT2D eigenvalue weighted by Crippen LogP contribution is 2.58. The predicted octanol–water partition coefficient (Wildman–Crippen LogP) is 7.21. The minimum absolute atomic E-state index is 0.0512. The summed E-state index contributed by atoms with van der Waals surface area (Å²) in [5.41, 5.74) is 0.0620. The lowest BCUT2D eigenvalue weighted by molar-refractivity contribution is -0.147. The van der Waals surface area contributed by atoms with Crippen molar-refractivity contribution < 1.29 is 14.4 Å². The van der Waals surface area contributed by atoms with Crippen LogP contribution in [0.15, 0.2) is 5.16 Å². The highest BCUT2D eigenvalue weighted by atomic mass is 35.5. The number of nitrogens with zero attached hydrogens (tertiary/aromatic N) is 1. The Kier molecular flexibility index (Phi) is 6.98. The molecule has 9 heteroatoms. The van der Waals surface area contributed by atoms with Gasteiger partial charge in [-0.3, -0.25) is 4.79 Å². The summed E-state index contributed by atoms with van der Waals surface area (Å²) in [6.45, 7) is 3.82. The van der Waals surface area contributed by atoms with E-state index in [0.717, 1.165) is 12.8 Å². The van der Waals surface area contributed by atoms with Crippen molar-refractivity contribution in [3.8, 4) is 0 Å². The summed E-state index contributed by atoms with van der Waals surface area (Å²) < 4.78 is 5.44. The van der Waals surface area contributed by atoms with Gasteiger partial charge in [0.15, 0.2) is 0 Å². The molecule has 2 atom stereocenters. The van der Waals surface area contributed by atoms with E-state index in [2.05, 4.69) is 5.16 Å². The molecule has 28 heavy (non-hydrogen) atoms. The van der Waals surface area contributed by atoms with E-state index < -0.39 is 0 Å². The normalized spacial score (nSPS) is 24.0. The number of hydrogen-bond donors (Lipinski definition) is 0. The summed E-state index contributed by atoms with van der Waals surface area (Å²) in [5.74, 6) is -0.736. The zero-order valence-electron chi connectivity index (χ0n) is 15.4. The lowest BCUT2D eigenvalue weighted by Crippen LogP contribution is -2.11. The molecule has 3 rings (SSSR count). The molecule has 154 valence electrons. The predicted molar refractivity (Wildman–Crippen MR) is 114 cm³/mol. The van der Waals surface area contributed by atoms with E-state index in [1.54, 1.807) is 6.21 Å². The molecule has 0 amide bonds. The van der Waals surface area contributed by atoms with Gasteiger partial charge in [0.25, 0.3) is 0 Å². The highest BCUT2D eigenvalue weighted by Gasteiger charge is 2.62. The average Bonchev–Trinajstić information content (AvgIpc) is 3.00. The van der Waals surface area contributed by atoms with Gasteiger partial charge in [0.2, 0.25) is 0 Å². The van der Waals surface area contributed by atoms with E-state index in [1.807, 2.05) is 13.8 Å². The van der Waals surface area contributed by atoms with Crippen molar-refractivity contribution in [2.24, 2.45) is 22.4 Å². The lowest BCUT2D eigenvalue weighted by atomic mass is 10.1. The number of hydrogen-bond acceptors (Lipinski definition) is 4. The summed E-state index contributed by atoms with van der Waals surface area (Å²) in [7, 11) is 0. The van der Waals surface area contributed by atoms with Crippen LogP contribution in [0.2, 0.25) is 25.1 Å². The largest absolute Gasteiger partial charge is 0.460 e. The van der Waals surface area contributed by atoms with Crippen molar-refractivity contribution in [1.29, 1.82) is 0 Å². The minimum Gasteiger partial charge on any atom is -0.460 e. The summed E-state index contributed by atoms with van der Waals surface area (Å²) in [6.07, 6.45) is 6.31. The Balaban J connectivity index is 1.61. The van der Waals surface area contributed by atoms with E-state index in [4.69, 9.17) is 67.6 Å². The number of benzene rings is 1. The van der Waals surface area contributed by atoms with E-state index in [0.29, 0.717) is 5.56 Å². The maximum atomic E-state index is 12.6. The van der Waals surface area contributed by atoms with Crippen molar-refractivity contribution >= 4 is 70.2 Å². The SMILES string of the molecule is CC1(C)[C@H](C(=O)OCc2c(Cl)c(Cl)c(Cl)c(Cl)c2Cl)[C@@H]1C=NOC1CCCC1. The molecule has 0 aromatic heterocycles. The first-order valence-electron chi connectivity index (χ1n) is 9.02. The molecule has 0 aliphatic heterocycles. The van der Waals surface area contributed by atoms with Gasteiger partial charge in [0.05, 0.1) is 31.0 Å². The van der Waals surface area contributed by atoms with Crippen molar-refractivity contribution in [2.45, 2.75) is 52.2 Å². The molecule has 0 spiro atoms. The van der Waals surface area contributed by atoms with Crippen LogP contribution < -0.4 is 0 Å². The second kappa shape index (κ2) is 8.77. The van der Waals surface area contributed by atoms with Gasteiger partial charge in [-0.25, -0.2) is 0 Å². The number of oxime groups is 1. The minimum atomic E-state index is -0.364. The number of esters is 1. The van der Waals surface area contributed by atoms with E-state index >= 15 is 0 Å². The molecular weight excluding hydrogens is 467 g/mol. The molecule has 0 radical (unpaired) electrons. The van der Waals surface area contributed by atoms with E-state index in [-0.39, 0.29) is 61.0 Å². The van der Waals surface area contributed by atoms with Gasteiger partial charge >= 0.3 is 5.97 Å². The van der Waals surface area contributed by atoms with Crippen LogP contribution in [0, 0.1) is 17.3 Å². The molecule has 4 nitrogen and oxygen atoms in total. The highest BCUT2D eigenvalue weighted by molar-refractivity contribution is 6.55. The third kappa shape index (κ3) is 4.37. The fourth-order valence-electron chi connectivity index (χ4n) is 3.60. The van der Waals surface area contributed by atoms with Gasteiger partial charge < -0.3 is 9.57 Å².